The highest BCUT2D eigenvalue weighted by Gasteiger charge is 2.16. The van der Waals surface area contributed by atoms with E-state index in [-0.39, 0.29) is 0 Å². The van der Waals surface area contributed by atoms with Crippen LogP contribution >= 0.6 is 0 Å². The van der Waals surface area contributed by atoms with Crippen molar-refractivity contribution in [3.63, 3.8) is 0 Å². The molecular formula is C13H21N5O3. The number of nitrogens with zero attached hydrogens (tertiary/aromatic N) is 3. The highest BCUT2D eigenvalue weighted by molar-refractivity contribution is 5.69. The Morgan fingerprint density at radius 2 is 2.05 bits per heavy atom. The molecular weight excluding hydrogens is 274 g/mol. The summed E-state index contributed by atoms with van der Waals surface area (Å²) in [6.07, 6.45) is 0.887. The summed E-state index contributed by atoms with van der Waals surface area (Å²) in [6, 6.07) is 1.77. The Morgan fingerprint density at radius 3 is 2.71 bits per heavy atom. The molecule has 0 aliphatic carbocycles. The third-order valence-electron chi connectivity index (χ3n) is 2.68. The van der Waals surface area contributed by atoms with Gasteiger partial charge in [-0.2, -0.15) is 0 Å². The summed E-state index contributed by atoms with van der Waals surface area (Å²) in [5, 5.41) is 0. The average molecular weight is 295 g/mol. The first-order valence-electron chi connectivity index (χ1n) is 6.84. The molecule has 0 unspecified atom stereocenters. The number of anilines is 2. The second kappa shape index (κ2) is 6.57. The fraction of sp³-hybridized carbons (Fsp3) is 0.615. The van der Waals surface area contributed by atoms with Crippen LogP contribution in [0.3, 0.4) is 0 Å². The van der Waals surface area contributed by atoms with Gasteiger partial charge >= 0.3 is 6.09 Å². The first-order valence-corrected chi connectivity index (χ1v) is 6.84. The summed E-state index contributed by atoms with van der Waals surface area (Å²) >= 11 is 0. The van der Waals surface area contributed by atoms with Gasteiger partial charge in [0.25, 0.3) is 0 Å². The Labute approximate surface area is 123 Å². The Bertz CT molecular complexity index is 483. The molecule has 1 aromatic rings. The number of hydrogen-bond donors (Lipinski definition) is 2. The minimum atomic E-state index is -0.561. The highest BCUT2D eigenvalue weighted by atomic mass is 16.6. The fourth-order valence-corrected chi connectivity index (χ4v) is 1.80. The molecule has 0 atom stereocenters. The quantitative estimate of drug-likeness (QED) is 0.809. The van der Waals surface area contributed by atoms with Gasteiger partial charge in [0.15, 0.2) is 0 Å². The molecule has 0 aromatic carbocycles. The van der Waals surface area contributed by atoms with Gasteiger partial charge in [-0.25, -0.2) is 20.2 Å². The lowest BCUT2D eigenvalue weighted by Crippen LogP contribution is -2.37. The first-order chi connectivity index (χ1) is 9.94. The lowest BCUT2D eigenvalue weighted by Gasteiger charge is -2.27. The number of aromatic nitrogens is 2. The molecule has 2 rings (SSSR count). The van der Waals surface area contributed by atoms with Crippen LogP contribution in [0, 0.1) is 0 Å². The highest BCUT2D eigenvalue weighted by Crippen LogP contribution is 2.15. The molecule has 0 spiro atoms. The van der Waals surface area contributed by atoms with Crippen LogP contribution in [0.15, 0.2) is 12.4 Å². The number of hydrazine groups is 1. The number of hydrogen-bond acceptors (Lipinski definition) is 7. The van der Waals surface area contributed by atoms with Crippen molar-refractivity contribution in [1.82, 2.24) is 15.4 Å². The van der Waals surface area contributed by atoms with Crippen LogP contribution in [0.1, 0.15) is 20.8 Å². The van der Waals surface area contributed by atoms with E-state index >= 15 is 0 Å². The van der Waals surface area contributed by atoms with Crippen molar-refractivity contribution in [2.75, 3.05) is 36.6 Å². The van der Waals surface area contributed by atoms with E-state index in [2.05, 4.69) is 25.7 Å². The van der Waals surface area contributed by atoms with Crippen LogP contribution in [0.4, 0.5) is 16.4 Å². The Hall–Kier alpha value is -2.09. The number of carbonyl (C=O) groups is 1. The number of morpholine rings is 1. The van der Waals surface area contributed by atoms with E-state index in [1.165, 1.54) is 6.33 Å². The monoisotopic (exact) mass is 295 g/mol. The maximum absolute atomic E-state index is 11.6. The molecule has 21 heavy (non-hydrogen) atoms. The molecule has 1 amide bonds. The zero-order valence-electron chi connectivity index (χ0n) is 12.5. The molecule has 8 heteroatoms. The van der Waals surface area contributed by atoms with Crippen molar-refractivity contribution in [2.45, 2.75) is 26.4 Å². The first kappa shape index (κ1) is 15.3. The number of carbonyl (C=O) groups excluding carboxylic acids is 1. The zero-order chi connectivity index (χ0) is 15.3. The van der Waals surface area contributed by atoms with Crippen LogP contribution in [0.25, 0.3) is 0 Å². The predicted molar refractivity (Wildman–Crippen MR) is 78.1 cm³/mol. The molecule has 2 heterocycles. The van der Waals surface area contributed by atoms with Crippen LogP contribution in [-0.2, 0) is 9.47 Å². The summed E-state index contributed by atoms with van der Waals surface area (Å²) in [7, 11) is 0. The van der Waals surface area contributed by atoms with E-state index < -0.39 is 11.7 Å². The average Bonchev–Trinajstić information content (AvgIpc) is 2.45. The summed E-state index contributed by atoms with van der Waals surface area (Å²) in [4.78, 5) is 21.9. The molecule has 8 nitrogen and oxygen atoms in total. The second-order valence-electron chi connectivity index (χ2n) is 5.61. The van der Waals surface area contributed by atoms with Crippen LogP contribution in [0.5, 0.6) is 0 Å². The van der Waals surface area contributed by atoms with Crippen molar-refractivity contribution in [2.24, 2.45) is 0 Å². The van der Waals surface area contributed by atoms with Gasteiger partial charge in [-0.3, -0.25) is 5.43 Å². The lowest BCUT2D eigenvalue weighted by molar-refractivity contribution is 0.0541. The van der Waals surface area contributed by atoms with Crippen LogP contribution in [0.2, 0.25) is 0 Å². The van der Waals surface area contributed by atoms with E-state index in [1.54, 1.807) is 26.8 Å². The third kappa shape index (κ3) is 5.07. The van der Waals surface area contributed by atoms with Crippen molar-refractivity contribution >= 4 is 17.7 Å². The smallest absolute Gasteiger partial charge is 0.426 e. The fourth-order valence-electron chi connectivity index (χ4n) is 1.80. The van der Waals surface area contributed by atoms with Crippen LogP contribution in [-0.4, -0.2) is 48.0 Å². The minimum absolute atomic E-state index is 0.498. The number of nitrogens with one attached hydrogen (secondary N) is 2. The van der Waals surface area contributed by atoms with Gasteiger partial charge < -0.3 is 14.4 Å². The summed E-state index contributed by atoms with van der Waals surface area (Å²) in [5.41, 5.74) is 4.61. The van der Waals surface area contributed by atoms with E-state index in [9.17, 15) is 4.79 Å². The van der Waals surface area contributed by atoms with Gasteiger partial charge in [0.1, 0.15) is 23.6 Å². The maximum atomic E-state index is 11.6. The van der Waals surface area contributed by atoms with E-state index in [1.807, 2.05) is 0 Å². The Balaban J connectivity index is 1.90. The summed E-state index contributed by atoms with van der Waals surface area (Å²) in [6.45, 7) is 8.34. The SMILES string of the molecule is CC(C)(C)OC(=O)NNc1cc(N2CCOCC2)ncn1. The van der Waals surface area contributed by atoms with Gasteiger partial charge in [0.05, 0.1) is 13.2 Å². The van der Waals surface area contributed by atoms with Gasteiger partial charge in [-0.1, -0.05) is 0 Å². The van der Waals surface area contributed by atoms with Gasteiger partial charge in [0, 0.05) is 19.2 Å². The third-order valence-corrected chi connectivity index (χ3v) is 2.68. The molecule has 116 valence electrons. The van der Waals surface area contributed by atoms with Gasteiger partial charge in [-0.15, -0.1) is 0 Å². The summed E-state index contributed by atoms with van der Waals surface area (Å²) in [5.74, 6) is 1.29. The molecule has 1 fully saturated rings. The molecule has 1 saturated heterocycles. The molecule has 0 bridgehead atoms. The molecule has 2 N–H and O–H groups in total. The maximum Gasteiger partial charge on any atom is 0.426 e. The number of rotatable bonds is 3. The zero-order valence-corrected chi connectivity index (χ0v) is 12.5. The van der Waals surface area contributed by atoms with Gasteiger partial charge in [-0.05, 0) is 20.8 Å². The Morgan fingerprint density at radius 1 is 1.33 bits per heavy atom. The number of amides is 1. The van der Waals surface area contributed by atoms with Gasteiger partial charge in [0.2, 0.25) is 0 Å². The second-order valence-corrected chi connectivity index (χ2v) is 5.61. The van der Waals surface area contributed by atoms with Crippen molar-refractivity contribution < 1.29 is 14.3 Å². The lowest BCUT2D eigenvalue weighted by atomic mass is 10.2. The molecule has 1 aliphatic rings. The van der Waals surface area contributed by atoms with Crippen molar-refractivity contribution in [3.8, 4) is 0 Å². The van der Waals surface area contributed by atoms with Crippen LogP contribution < -0.4 is 15.8 Å². The normalized spacial score (nSPS) is 15.5. The van der Waals surface area contributed by atoms with E-state index in [4.69, 9.17) is 9.47 Å². The predicted octanol–water partition coefficient (Wildman–Crippen LogP) is 1.16. The topological polar surface area (TPSA) is 88.6 Å². The van der Waals surface area contributed by atoms with E-state index in [0.29, 0.717) is 19.0 Å². The van der Waals surface area contributed by atoms with E-state index in [0.717, 1.165) is 18.9 Å². The largest absolute Gasteiger partial charge is 0.443 e. The molecule has 1 aliphatic heterocycles. The number of ether oxygens (including phenoxy) is 2. The molecule has 1 aromatic heterocycles. The summed E-state index contributed by atoms with van der Waals surface area (Å²) < 4.78 is 10.4. The minimum Gasteiger partial charge on any atom is -0.443 e. The molecule has 0 saturated carbocycles. The standard InChI is InChI=1S/C13H21N5O3/c1-13(2,3)21-12(19)17-16-10-8-11(15-9-14-10)18-4-6-20-7-5-18/h8-9H,4-7H2,1-3H3,(H,17,19)(H,14,15,16). The van der Waals surface area contributed by atoms with Crippen molar-refractivity contribution in [1.29, 1.82) is 0 Å². The Kier molecular flexibility index (Phi) is 4.79. The molecule has 0 radical (unpaired) electrons. The van der Waals surface area contributed by atoms with Crippen molar-refractivity contribution in [3.05, 3.63) is 12.4 Å².